The topological polar surface area (TPSA) is 21.3 Å². The summed E-state index contributed by atoms with van der Waals surface area (Å²) in [5.41, 5.74) is 4.69. The van der Waals surface area contributed by atoms with Crippen molar-refractivity contribution in [1.29, 1.82) is 0 Å². The molecule has 1 unspecified atom stereocenters. The van der Waals surface area contributed by atoms with Crippen LogP contribution in [-0.4, -0.2) is 6.54 Å². The van der Waals surface area contributed by atoms with E-state index in [-0.39, 0.29) is 6.04 Å². The summed E-state index contributed by atoms with van der Waals surface area (Å²) in [7, 11) is 0. The maximum Gasteiger partial charge on any atom is 0.120 e. The van der Waals surface area contributed by atoms with E-state index in [4.69, 9.17) is 27.9 Å². The normalized spacial score (nSPS) is 16.2. The molecule has 0 saturated carbocycles. The van der Waals surface area contributed by atoms with Gasteiger partial charge < -0.3 is 10.1 Å². The van der Waals surface area contributed by atoms with Gasteiger partial charge in [0.25, 0.3) is 0 Å². The molecule has 1 aliphatic heterocycles. The molecule has 1 aliphatic rings. The quantitative estimate of drug-likeness (QED) is 0.613. The molecule has 4 rings (SSSR count). The summed E-state index contributed by atoms with van der Waals surface area (Å²) in [6, 6.07) is 22.3. The zero-order chi connectivity index (χ0) is 17.9. The summed E-state index contributed by atoms with van der Waals surface area (Å²) in [5.74, 6) is 0.894. The molecular weight excluding hydrogens is 365 g/mol. The van der Waals surface area contributed by atoms with Gasteiger partial charge in [-0.25, -0.2) is 0 Å². The number of hydrogen-bond acceptors (Lipinski definition) is 2. The fourth-order valence-corrected chi connectivity index (χ4v) is 3.81. The van der Waals surface area contributed by atoms with E-state index >= 15 is 0 Å². The average molecular weight is 384 g/mol. The third-order valence-electron chi connectivity index (χ3n) is 4.71. The summed E-state index contributed by atoms with van der Waals surface area (Å²) < 4.78 is 5.97. The minimum atomic E-state index is 0.0492. The summed E-state index contributed by atoms with van der Waals surface area (Å²) in [4.78, 5) is 0. The second-order valence-electron chi connectivity index (χ2n) is 6.42. The van der Waals surface area contributed by atoms with Crippen LogP contribution in [0.2, 0.25) is 10.0 Å². The molecule has 1 N–H and O–H groups in total. The van der Waals surface area contributed by atoms with E-state index in [1.165, 1.54) is 11.1 Å². The largest absolute Gasteiger partial charge is 0.489 e. The molecule has 0 aromatic heterocycles. The van der Waals surface area contributed by atoms with Crippen LogP contribution in [0.3, 0.4) is 0 Å². The Morgan fingerprint density at radius 1 is 0.923 bits per heavy atom. The highest BCUT2D eigenvalue weighted by Gasteiger charge is 2.24. The van der Waals surface area contributed by atoms with Crippen LogP contribution in [0.25, 0.3) is 0 Å². The molecule has 0 bridgehead atoms. The first-order chi connectivity index (χ1) is 12.7. The van der Waals surface area contributed by atoms with E-state index in [9.17, 15) is 0 Å². The van der Waals surface area contributed by atoms with Gasteiger partial charge in [0.1, 0.15) is 12.4 Å². The summed E-state index contributed by atoms with van der Waals surface area (Å²) in [5, 5.41) is 4.75. The minimum Gasteiger partial charge on any atom is -0.489 e. The molecule has 0 spiro atoms. The van der Waals surface area contributed by atoms with Crippen molar-refractivity contribution >= 4 is 23.2 Å². The second kappa shape index (κ2) is 7.71. The van der Waals surface area contributed by atoms with Gasteiger partial charge in [0, 0.05) is 6.54 Å². The lowest BCUT2D eigenvalue weighted by Gasteiger charge is -2.28. The van der Waals surface area contributed by atoms with Gasteiger partial charge in [0.05, 0.1) is 16.1 Å². The van der Waals surface area contributed by atoms with Crippen LogP contribution in [0.15, 0.2) is 66.7 Å². The van der Waals surface area contributed by atoms with Crippen LogP contribution in [0, 0.1) is 0 Å². The smallest absolute Gasteiger partial charge is 0.120 e. The van der Waals surface area contributed by atoms with Gasteiger partial charge in [-0.1, -0.05) is 71.7 Å². The Bertz CT molecular complexity index is 911. The molecule has 1 heterocycles. The van der Waals surface area contributed by atoms with E-state index in [0.29, 0.717) is 16.7 Å². The number of nitrogens with one attached hydrogen (secondary N) is 1. The maximum atomic E-state index is 6.45. The first kappa shape index (κ1) is 17.4. The summed E-state index contributed by atoms with van der Waals surface area (Å²) in [6.45, 7) is 1.46. The maximum absolute atomic E-state index is 6.45. The van der Waals surface area contributed by atoms with Gasteiger partial charge >= 0.3 is 0 Å². The van der Waals surface area contributed by atoms with Gasteiger partial charge in [0.15, 0.2) is 0 Å². The highest BCUT2D eigenvalue weighted by atomic mass is 35.5. The lowest BCUT2D eigenvalue weighted by Crippen LogP contribution is -2.30. The number of benzene rings is 3. The molecule has 0 fully saturated rings. The number of ether oxygens (including phenoxy) is 1. The van der Waals surface area contributed by atoms with Crippen molar-refractivity contribution < 1.29 is 4.74 Å². The Labute approximate surface area is 163 Å². The van der Waals surface area contributed by atoms with Gasteiger partial charge in [-0.3, -0.25) is 0 Å². The van der Waals surface area contributed by atoms with Crippen molar-refractivity contribution in [3.63, 3.8) is 0 Å². The van der Waals surface area contributed by atoms with Crippen LogP contribution in [-0.2, 0) is 13.0 Å². The molecule has 3 aromatic carbocycles. The van der Waals surface area contributed by atoms with Crippen LogP contribution >= 0.6 is 23.2 Å². The molecule has 0 aliphatic carbocycles. The zero-order valence-corrected chi connectivity index (χ0v) is 15.7. The molecule has 26 heavy (non-hydrogen) atoms. The molecule has 132 valence electrons. The second-order valence-corrected chi connectivity index (χ2v) is 7.20. The van der Waals surface area contributed by atoms with Crippen molar-refractivity contribution in [1.82, 2.24) is 5.32 Å². The minimum absolute atomic E-state index is 0.0492. The number of hydrogen-bond donors (Lipinski definition) is 1. The third-order valence-corrected chi connectivity index (χ3v) is 5.54. The SMILES string of the molecule is Clc1cccc(C2NCCc3cc(OCc4ccccc4)ccc32)c1Cl. The third kappa shape index (κ3) is 3.59. The van der Waals surface area contributed by atoms with E-state index in [1.54, 1.807) is 0 Å². The zero-order valence-electron chi connectivity index (χ0n) is 14.2. The fraction of sp³-hybridized carbons (Fsp3) is 0.182. The first-order valence-electron chi connectivity index (χ1n) is 8.69. The lowest BCUT2D eigenvalue weighted by molar-refractivity contribution is 0.305. The highest BCUT2D eigenvalue weighted by molar-refractivity contribution is 6.42. The van der Waals surface area contributed by atoms with Crippen LogP contribution < -0.4 is 10.1 Å². The molecule has 0 radical (unpaired) electrons. The standard InChI is InChI=1S/C22H19Cl2NO/c23-20-8-4-7-19(21(20)24)22-18-10-9-17(13-16(18)11-12-25-22)26-14-15-5-2-1-3-6-15/h1-10,13,22,25H,11-12,14H2. The van der Waals surface area contributed by atoms with E-state index < -0.39 is 0 Å². The van der Waals surface area contributed by atoms with Crippen LogP contribution in [0.5, 0.6) is 5.75 Å². The first-order valence-corrected chi connectivity index (χ1v) is 9.45. The Kier molecular flexibility index (Phi) is 5.16. The lowest BCUT2D eigenvalue weighted by atomic mass is 9.89. The van der Waals surface area contributed by atoms with E-state index in [0.717, 1.165) is 29.8 Å². The van der Waals surface area contributed by atoms with Crippen molar-refractivity contribution in [2.75, 3.05) is 6.54 Å². The van der Waals surface area contributed by atoms with Gasteiger partial charge in [-0.05, 0) is 46.9 Å². The van der Waals surface area contributed by atoms with Crippen molar-refractivity contribution in [2.45, 2.75) is 19.1 Å². The molecular formula is C22H19Cl2NO. The van der Waals surface area contributed by atoms with Crippen molar-refractivity contribution in [3.8, 4) is 5.75 Å². The molecule has 3 aromatic rings. The Morgan fingerprint density at radius 3 is 2.62 bits per heavy atom. The Hall–Kier alpha value is -2.00. The summed E-state index contributed by atoms with van der Waals surface area (Å²) >= 11 is 12.7. The molecule has 0 amide bonds. The highest BCUT2D eigenvalue weighted by Crippen LogP contribution is 2.37. The predicted octanol–water partition coefficient (Wildman–Crippen LogP) is 5.81. The molecule has 4 heteroatoms. The van der Waals surface area contributed by atoms with Gasteiger partial charge in [-0.2, -0.15) is 0 Å². The average Bonchev–Trinajstić information content (AvgIpc) is 2.69. The van der Waals surface area contributed by atoms with Crippen LogP contribution in [0.4, 0.5) is 0 Å². The van der Waals surface area contributed by atoms with Crippen molar-refractivity contribution in [2.24, 2.45) is 0 Å². The number of fused-ring (bicyclic) bond motifs is 1. The van der Waals surface area contributed by atoms with E-state index in [1.807, 2.05) is 42.5 Å². The fourth-order valence-electron chi connectivity index (χ4n) is 3.39. The van der Waals surface area contributed by atoms with Crippen molar-refractivity contribution in [3.05, 3.63) is 99.0 Å². The molecule has 1 atom stereocenters. The molecule has 2 nitrogen and oxygen atoms in total. The Morgan fingerprint density at radius 2 is 1.77 bits per heavy atom. The predicted molar refractivity (Wildman–Crippen MR) is 107 cm³/mol. The van der Waals surface area contributed by atoms with E-state index in [2.05, 4.69) is 29.6 Å². The number of rotatable bonds is 4. The Balaban J connectivity index is 1.59. The number of halogens is 2. The van der Waals surface area contributed by atoms with Gasteiger partial charge in [0.2, 0.25) is 0 Å². The molecule has 0 saturated heterocycles. The monoisotopic (exact) mass is 383 g/mol. The van der Waals surface area contributed by atoms with Crippen LogP contribution in [0.1, 0.15) is 28.3 Å². The summed E-state index contributed by atoms with van der Waals surface area (Å²) in [6.07, 6.45) is 0.965. The van der Waals surface area contributed by atoms with Gasteiger partial charge in [-0.15, -0.1) is 0 Å².